The van der Waals surface area contributed by atoms with Gasteiger partial charge in [-0.25, -0.2) is 0 Å². The molecule has 0 aromatic heterocycles. The number of hydrogen-bond donors (Lipinski definition) is 3. The molecule has 0 spiro atoms. The maximum Gasteiger partial charge on any atom is 0.225 e. The molecular formula is C19H25N3O2. The first-order valence-corrected chi connectivity index (χ1v) is 8.17. The van der Waals surface area contributed by atoms with Crippen LogP contribution < -0.4 is 11.1 Å². The molecule has 0 atom stereocenters. The van der Waals surface area contributed by atoms with Gasteiger partial charge in [-0.15, -0.1) is 0 Å². The molecule has 24 heavy (non-hydrogen) atoms. The third kappa shape index (κ3) is 6.12. The Bertz CT molecular complexity index is 614. The number of nitrogens with two attached hydrogens (primary N) is 1. The van der Waals surface area contributed by atoms with Crippen molar-refractivity contribution in [3.63, 3.8) is 0 Å². The van der Waals surface area contributed by atoms with E-state index in [0.29, 0.717) is 26.1 Å². The van der Waals surface area contributed by atoms with Gasteiger partial charge in [-0.05, 0) is 23.3 Å². The summed E-state index contributed by atoms with van der Waals surface area (Å²) in [4.78, 5) is 14.2. The smallest absolute Gasteiger partial charge is 0.225 e. The maximum atomic E-state index is 12.1. The van der Waals surface area contributed by atoms with Crippen molar-refractivity contribution in [1.29, 1.82) is 0 Å². The van der Waals surface area contributed by atoms with Crippen LogP contribution in [0.25, 0.3) is 0 Å². The summed E-state index contributed by atoms with van der Waals surface area (Å²) in [7, 11) is 0. The van der Waals surface area contributed by atoms with Crippen LogP contribution in [0.2, 0.25) is 0 Å². The number of rotatable bonds is 9. The fourth-order valence-corrected chi connectivity index (χ4v) is 2.46. The summed E-state index contributed by atoms with van der Waals surface area (Å²) in [5, 5.41) is 12.1. The number of anilines is 1. The second kappa shape index (κ2) is 9.82. The van der Waals surface area contributed by atoms with Gasteiger partial charge in [-0.2, -0.15) is 0 Å². The highest BCUT2D eigenvalue weighted by Gasteiger charge is 2.09. The van der Waals surface area contributed by atoms with Crippen LogP contribution >= 0.6 is 0 Å². The monoisotopic (exact) mass is 327 g/mol. The van der Waals surface area contributed by atoms with Gasteiger partial charge < -0.3 is 16.2 Å². The zero-order valence-corrected chi connectivity index (χ0v) is 13.8. The zero-order valence-electron chi connectivity index (χ0n) is 13.8. The number of carbonyl (C=O) groups is 1. The molecule has 5 heteroatoms. The van der Waals surface area contributed by atoms with Gasteiger partial charge in [-0.1, -0.05) is 42.5 Å². The lowest BCUT2D eigenvalue weighted by molar-refractivity contribution is -0.116. The molecule has 2 rings (SSSR count). The van der Waals surface area contributed by atoms with Crippen LogP contribution in [-0.4, -0.2) is 35.6 Å². The number of aliphatic hydroxyl groups excluding tert-OH is 1. The number of hydrogen-bond acceptors (Lipinski definition) is 4. The fourth-order valence-electron chi connectivity index (χ4n) is 2.46. The summed E-state index contributed by atoms with van der Waals surface area (Å²) in [6, 6.07) is 17.6. The van der Waals surface area contributed by atoms with Gasteiger partial charge in [0.2, 0.25) is 5.91 Å². The number of amides is 1. The molecule has 0 saturated carbocycles. The Kier molecular flexibility index (Phi) is 7.42. The first-order valence-electron chi connectivity index (χ1n) is 8.17. The Morgan fingerprint density at radius 3 is 2.33 bits per heavy atom. The minimum Gasteiger partial charge on any atom is -0.395 e. The van der Waals surface area contributed by atoms with Gasteiger partial charge in [0.05, 0.1) is 6.61 Å². The summed E-state index contributed by atoms with van der Waals surface area (Å²) in [6.45, 7) is 2.44. The van der Waals surface area contributed by atoms with Crippen molar-refractivity contribution in [2.24, 2.45) is 5.73 Å². The number of aliphatic hydroxyl groups is 1. The highest BCUT2D eigenvalue weighted by Crippen LogP contribution is 2.10. The molecule has 0 heterocycles. The minimum absolute atomic E-state index is 0.0356. The second-order valence-electron chi connectivity index (χ2n) is 5.68. The third-order valence-corrected chi connectivity index (χ3v) is 3.79. The van der Waals surface area contributed by atoms with E-state index in [2.05, 4.69) is 10.2 Å². The Morgan fingerprint density at radius 1 is 1.00 bits per heavy atom. The van der Waals surface area contributed by atoms with Crippen LogP contribution in [0.5, 0.6) is 0 Å². The van der Waals surface area contributed by atoms with Gasteiger partial charge >= 0.3 is 0 Å². The Morgan fingerprint density at radius 2 is 1.71 bits per heavy atom. The number of benzene rings is 2. The van der Waals surface area contributed by atoms with E-state index in [0.717, 1.165) is 17.8 Å². The van der Waals surface area contributed by atoms with E-state index in [1.807, 2.05) is 54.6 Å². The van der Waals surface area contributed by atoms with Crippen LogP contribution in [0.4, 0.5) is 5.69 Å². The Labute approximate surface area is 143 Å². The van der Waals surface area contributed by atoms with Crippen molar-refractivity contribution in [2.45, 2.75) is 19.5 Å². The van der Waals surface area contributed by atoms with Crippen LogP contribution in [0.3, 0.4) is 0 Å². The predicted molar refractivity (Wildman–Crippen MR) is 96.4 cm³/mol. The van der Waals surface area contributed by atoms with E-state index in [1.54, 1.807) is 0 Å². The van der Waals surface area contributed by atoms with Crippen molar-refractivity contribution in [1.82, 2.24) is 4.90 Å². The van der Waals surface area contributed by atoms with Crippen LogP contribution in [0.15, 0.2) is 54.6 Å². The van der Waals surface area contributed by atoms with Crippen molar-refractivity contribution in [2.75, 3.05) is 25.0 Å². The Balaban J connectivity index is 1.82. The lowest BCUT2D eigenvalue weighted by atomic mass is 10.2. The highest BCUT2D eigenvalue weighted by atomic mass is 16.3. The molecule has 128 valence electrons. The average molecular weight is 327 g/mol. The highest BCUT2D eigenvalue weighted by molar-refractivity contribution is 5.90. The van der Waals surface area contributed by atoms with E-state index in [4.69, 9.17) is 5.73 Å². The molecule has 0 aliphatic rings. The summed E-state index contributed by atoms with van der Waals surface area (Å²) in [6.07, 6.45) is 0.380. The van der Waals surface area contributed by atoms with Crippen LogP contribution in [0, 0.1) is 0 Å². The molecule has 2 aromatic rings. The van der Waals surface area contributed by atoms with E-state index >= 15 is 0 Å². The zero-order chi connectivity index (χ0) is 17.2. The summed E-state index contributed by atoms with van der Waals surface area (Å²) < 4.78 is 0. The first-order chi connectivity index (χ1) is 11.7. The molecule has 0 aliphatic heterocycles. The van der Waals surface area contributed by atoms with E-state index in [-0.39, 0.29) is 12.5 Å². The molecule has 5 nitrogen and oxygen atoms in total. The summed E-state index contributed by atoms with van der Waals surface area (Å²) in [5.74, 6) is -0.0356. The van der Waals surface area contributed by atoms with Crippen molar-refractivity contribution < 1.29 is 9.90 Å². The average Bonchev–Trinajstić information content (AvgIpc) is 2.61. The summed E-state index contributed by atoms with van der Waals surface area (Å²) >= 11 is 0. The molecule has 0 saturated heterocycles. The number of nitrogens with zero attached hydrogens (tertiary/aromatic N) is 1. The van der Waals surface area contributed by atoms with Gasteiger partial charge in [0.1, 0.15) is 0 Å². The number of carbonyl (C=O) groups excluding carboxylic acids is 1. The molecule has 0 unspecified atom stereocenters. The quantitative estimate of drug-likeness (QED) is 0.658. The fraction of sp³-hybridized carbons (Fsp3) is 0.316. The lowest BCUT2D eigenvalue weighted by Crippen LogP contribution is -2.30. The molecule has 4 N–H and O–H groups in total. The third-order valence-electron chi connectivity index (χ3n) is 3.79. The van der Waals surface area contributed by atoms with Gasteiger partial charge in [0.15, 0.2) is 0 Å². The topological polar surface area (TPSA) is 78.6 Å². The van der Waals surface area contributed by atoms with Gasteiger partial charge in [0, 0.05) is 38.3 Å². The van der Waals surface area contributed by atoms with E-state index in [9.17, 15) is 9.90 Å². The van der Waals surface area contributed by atoms with E-state index in [1.165, 1.54) is 5.56 Å². The molecule has 0 aliphatic carbocycles. The summed E-state index contributed by atoms with van der Waals surface area (Å²) in [5.41, 5.74) is 8.54. The molecule has 1 amide bonds. The van der Waals surface area contributed by atoms with E-state index < -0.39 is 0 Å². The largest absolute Gasteiger partial charge is 0.395 e. The SMILES string of the molecule is NCc1ccc(NC(=O)CCN(CCO)Cc2ccccc2)cc1. The molecule has 0 radical (unpaired) electrons. The van der Waals surface area contributed by atoms with Gasteiger partial charge in [-0.3, -0.25) is 9.69 Å². The molecule has 2 aromatic carbocycles. The molecule has 0 bridgehead atoms. The first kappa shape index (κ1) is 18.1. The molecule has 0 fully saturated rings. The second-order valence-corrected chi connectivity index (χ2v) is 5.68. The van der Waals surface area contributed by atoms with Crippen molar-refractivity contribution >= 4 is 11.6 Å². The number of nitrogens with one attached hydrogen (secondary N) is 1. The van der Waals surface area contributed by atoms with Gasteiger partial charge in [0.25, 0.3) is 0 Å². The van der Waals surface area contributed by atoms with Crippen LogP contribution in [0.1, 0.15) is 17.5 Å². The van der Waals surface area contributed by atoms with Crippen molar-refractivity contribution in [3.05, 3.63) is 65.7 Å². The lowest BCUT2D eigenvalue weighted by Gasteiger charge is -2.21. The van der Waals surface area contributed by atoms with Crippen LogP contribution in [-0.2, 0) is 17.9 Å². The normalized spacial score (nSPS) is 10.8. The minimum atomic E-state index is -0.0356. The standard InChI is InChI=1S/C19H25N3O2/c20-14-16-6-8-18(9-7-16)21-19(24)10-11-22(12-13-23)15-17-4-2-1-3-5-17/h1-9,23H,10-15,20H2,(H,21,24). The molecular weight excluding hydrogens is 302 g/mol. The Hall–Kier alpha value is -2.21. The maximum absolute atomic E-state index is 12.1. The van der Waals surface area contributed by atoms with Crippen molar-refractivity contribution in [3.8, 4) is 0 Å². The predicted octanol–water partition coefficient (Wildman–Crippen LogP) is 1.97.